The summed E-state index contributed by atoms with van der Waals surface area (Å²) in [5, 5.41) is 11.5. The predicted octanol–water partition coefficient (Wildman–Crippen LogP) is 4.86. The normalized spacial score (nSPS) is 10.8. The Labute approximate surface area is 206 Å². The Kier molecular flexibility index (Phi) is 7.54. The van der Waals surface area contributed by atoms with Gasteiger partial charge in [-0.15, -0.1) is 0 Å². The summed E-state index contributed by atoms with van der Waals surface area (Å²) in [5.74, 6) is -0.141. The highest BCUT2D eigenvalue weighted by Crippen LogP contribution is 2.22. The lowest BCUT2D eigenvalue weighted by Gasteiger charge is -2.07. The number of aromatic amines is 1. The summed E-state index contributed by atoms with van der Waals surface area (Å²) in [6, 6.07) is 23.1. The average molecular weight is 489 g/mol. The number of halogens is 1. The number of H-pyrrole nitrogens is 1. The van der Waals surface area contributed by atoms with Gasteiger partial charge in [-0.3, -0.25) is 9.89 Å². The number of hydrazone groups is 1. The van der Waals surface area contributed by atoms with Gasteiger partial charge in [0.05, 0.1) is 24.6 Å². The van der Waals surface area contributed by atoms with E-state index in [1.807, 2.05) is 48.5 Å². The number of nitrogens with one attached hydrogen (secondary N) is 2. The van der Waals surface area contributed by atoms with Crippen LogP contribution in [0.1, 0.15) is 32.0 Å². The minimum atomic E-state index is -0.436. The van der Waals surface area contributed by atoms with E-state index >= 15 is 0 Å². The van der Waals surface area contributed by atoms with Crippen LogP contribution < -0.4 is 10.2 Å². The molecule has 176 valence electrons. The van der Waals surface area contributed by atoms with Crippen LogP contribution in [0.2, 0.25) is 5.02 Å². The van der Waals surface area contributed by atoms with Crippen LogP contribution >= 0.6 is 11.6 Å². The number of rotatable bonds is 8. The molecular formula is C26H21ClN4O4. The first-order valence-electron chi connectivity index (χ1n) is 10.6. The molecule has 1 aromatic heterocycles. The second kappa shape index (κ2) is 11.1. The number of carbonyl (C=O) groups is 2. The molecule has 0 aliphatic heterocycles. The quantitative estimate of drug-likeness (QED) is 0.209. The van der Waals surface area contributed by atoms with Crippen molar-refractivity contribution in [3.05, 3.63) is 106 Å². The van der Waals surface area contributed by atoms with Crippen molar-refractivity contribution in [3.63, 3.8) is 0 Å². The maximum absolute atomic E-state index is 12.4. The van der Waals surface area contributed by atoms with Crippen LogP contribution in [0.25, 0.3) is 11.3 Å². The molecule has 0 fully saturated rings. The van der Waals surface area contributed by atoms with Crippen LogP contribution in [-0.4, -0.2) is 35.4 Å². The Morgan fingerprint density at radius 3 is 2.43 bits per heavy atom. The molecule has 1 amide bonds. The Balaban J connectivity index is 1.31. The highest BCUT2D eigenvalue weighted by atomic mass is 35.5. The van der Waals surface area contributed by atoms with Crippen LogP contribution in [0, 0.1) is 0 Å². The van der Waals surface area contributed by atoms with E-state index in [0.717, 1.165) is 11.1 Å². The van der Waals surface area contributed by atoms with Gasteiger partial charge in [0.2, 0.25) is 0 Å². The molecule has 35 heavy (non-hydrogen) atoms. The Hall–Kier alpha value is -4.43. The molecule has 0 atom stereocenters. The molecule has 0 bridgehead atoms. The Morgan fingerprint density at radius 1 is 1.03 bits per heavy atom. The lowest BCUT2D eigenvalue weighted by atomic mass is 10.1. The number of methoxy groups -OCH3 is 1. The topological polar surface area (TPSA) is 106 Å². The summed E-state index contributed by atoms with van der Waals surface area (Å²) in [5.41, 5.74) is 6.31. The maximum Gasteiger partial charge on any atom is 0.337 e. The number of esters is 1. The highest BCUT2D eigenvalue weighted by Gasteiger charge is 2.11. The highest BCUT2D eigenvalue weighted by molar-refractivity contribution is 6.30. The van der Waals surface area contributed by atoms with E-state index in [1.165, 1.54) is 13.3 Å². The first kappa shape index (κ1) is 23.7. The van der Waals surface area contributed by atoms with Crippen molar-refractivity contribution < 1.29 is 19.1 Å². The number of nitrogens with zero attached hydrogens (tertiary/aromatic N) is 2. The number of hydrogen-bond donors (Lipinski definition) is 2. The SMILES string of the molecule is COC(=O)c1ccc(/C=N/NC(=O)c2cc(-c3ccc(OCc4ccc(Cl)cc4)cc3)n[nH]2)cc1. The summed E-state index contributed by atoms with van der Waals surface area (Å²) < 4.78 is 10.5. The zero-order valence-corrected chi connectivity index (χ0v) is 19.5. The van der Waals surface area contributed by atoms with E-state index in [4.69, 9.17) is 16.3 Å². The molecule has 0 aliphatic rings. The van der Waals surface area contributed by atoms with Gasteiger partial charge in [0.1, 0.15) is 18.1 Å². The standard InChI is InChI=1S/C26H21ClN4O4/c1-34-26(33)20-6-2-17(3-7-20)15-28-31-25(32)24-14-23(29-30-24)19-8-12-22(13-9-19)35-16-18-4-10-21(27)11-5-18/h2-15H,16H2,1H3,(H,29,30)(H,31,32)/b28-15+. The fourth-order valence-corrected chi connectivity index (χ4v) is 3.23. The fourth-order valence-electron chi connectivity index (χ4n) is 3.10. The van der Waals surface area contributed by atoms with Gasteiger partial charge in [0, 0.05) is 10.6 Å². The molecule has 9 heteroatoms. The molecular weight excluding hydrogens is 468 g/mol. The van der Waals surface area contributed by atoms with Gasteiger partial charge >= 0.3 is 5.97 Å². The van der Waals surface area contributed by atoms with Crippen molar-refractivity contribution >= 4 is 29.7 Å². The van der Waals surface area contributed by atoms with Gasteiger partial charge < -0.3 is 9.47 Å². The molecule has 4 rings (SSSR count). The van der Waals surface area contributed by atoms with Crippen LogP contribution in [0.5, 0.6) is 5.75 Å². The van der Waals surface area contributed by atoms with Crippen molar-refractivity contribution in [2.45, 2.75) is 6.61 Å². The first-order valence-corrected chi connectivity index (χ1v) is 10.9. The maximum atomic E-state index is 12.4. The van der Waals surface area contributed by atoms with Crippen LogP contribution in [0.3, 0.4) is 0 Å². The second-order valence-corrected chi connectivity index (χ2v) is 7.86. The lowest BCUT2D eigenvalue weighted by Crippen LogP contribution is -2.18. The number of benzene rings is 3. The van der Waals surface area contributed by atoms with Crippen LogP contribution in [0.15, 0.2) is 84.0 Å². The Bertz CT molecular complexity index is 1330. The molecule has 0 aliphatic carbocycles. The number of amides is 1. The third kappa shape index (κ3) is 6.33. The monoisotopic (exact) mass is 488 g/mol. The largest absolute Gasteiger partial charge is 0.489 e. The van der Waals surface area contributed by atoms with Gasteiger partial charge in [-0.1, -0.05) is 35.9 Å². The van der Waals surface area contributed by atoms with Gasteiger partial charge in [0.25, 0.3) is 5.91 Å². The van der Waals surface area contributed by atoms with Gasteiger partial charge in [-0.25, -0.2) is 10.2 Å². The molecule has 2 N–H and O–H groups in total. The first-order chi connectivity index (χ1) is 17.0. The van der Waals surface area contributed by atoms with Crippen molar-refractivity contribution in [3.8, 4) is 17.0 Å². The third-order valence-corrected chi connectivity index (χ3v) is 5.25. The molecule has 0 spiro atoms. The summed E-state index contributed by atoms with van der Waals surface area (Å²) in [7, 11) is 1.32. The van der Waals surface area contributed by atoms with E-state index in [1.54, 1.807) is 30.3 Å². The number of ether oxygens (including phenoxy) is 2. The molecule has 3 aromatic carbocycles. The third-order valence-electron chi connectivity index (χ3n) is 5.00. The molecule has 0 saturated heterocycles. The number of carbonyl (C=O) groups excluding carboxylic acids is 2. The van der Waals surface area contributed by atoms with Crippen LogP contribution in [-0.2, 0) is 11.3 Å². The van der Waals surface area contributed by atoms with Gasteiger partial charge in [0.15, 0.2) is 0 Å². The molecule has 4 aromatic rings. The molecule has 0 radical (unpaired) electrons. The van der Waals surface area contributed by atoms with E-state index in [2.05, 4.69) is 25.5 Å². The summed E-state index contributed by atoms with van der Waals surface area (Å²) in [4.78, 5) is 23.8. The van der Waals surface area contributed by atoms with E-state index in [9.17, 15) is 9.59 Å². The van der Waals surface area contributed by atoms with Gasteiger partial charge in [-0.2, -0.15) is 10.2 Å². The Morgan fingerprint density at radius 2 is 1.74 bits per heavy atom. The molecule has 8 nitrogen and oxygen atoms in total. The van der Waals surface area contributed by atoms with E-state index < -0.39 is 11.9 Å². The number of aromatic nitrogens is 2. The van der Waals surface area contributed by atoms with Crippen molar-refractivity contribution in [1.82, 2.24) is 15.6 Å². The van der Waals surface area contributed by atoms with E-state index in [0.29, 0.717) is 34.2 Å². The minimum absolute atomic E-state index is 0.265. The minimum Gasteiger partial charge on any atom is -0.489 e. The zero-order chi connectivity index (χ0) is 24.6. The summed E-state index contributed by atoms with van der Waals surface area (Å²) in [6.07, 6.45) is 1.47. The zero-order valence-electron chi connectivity index (χ0n) is 18.7. The second-order valence-electron chi connectivity index (χ2n) is 7.42. The van der Waals surface area contributed by atoms with Crippen LogP contribution in [0.4, 0.5) is 0 Å². The average Bonchev–Trinajstić information content (AvgIpc) is 3.39. The van der Waals surface area contributed by atoms with Crippen molar-refractivity contribution in [2.24, 2.45) is 5.10 Å². The molecule has 0 unspecified atom stereocenters. The predicted molar refractivity (Wildman–Crippen MR) is 133 cm³/mol. The molecule has 1 heterocycles. The number of hydrogen-bond acceptors (Lipinski definition) is 6. The molecule has 0 saturated carbocycles. The van der Waals surface area contributed by atoms with Gasteiger partial charge in [-0.05, 0) is 65.7 Å². The summed E-state index contributed by atoms with van der Waals surface area (Å²) in [6.45, 7) is 0.430. The van der Waals surface area contributed by atoms with Crippen molar-refractivity contribution in [1.29, 1.82) is 0 Å². The lowest BCUT2D eigenvalue weighted by molar-refractivity contribution is 0.0600. The van der Waals surface area contributed by atoms with Crippen molar-refractivity contribution in [2.75, 3.05) is 7.11 Å². The fraction of sp³-hybridized carbons (Fsp3) is 0.0769. The smallest absolute Gasteiger partial charge is 0.337 e. The van der Waals surface area contributed by atoms with E-state index in [-0.39, 0.29) is 5.69 Å². The summed E-state index contributed by atoms with van der Waals surface area (Å²) >= 11 is 5.90.